The summed E-state index contributed by atoms with van der Waals surface area (Å²) in [7, 11) is 0. The van der Waals surface area contributed by atoms with Gasteiger partial charge in [-0.05, 0) is 33.6 Å². The van der Waals surface area contributed by atoms with Crippen LogP contribution in [-0.4, -0.2) is 22.3 Å². The molecule has 0 saturated heterocycles. The molecule has 1 heterocycles. The lowest BCUT2D eigenvalue weighted by atomic mass is 9.86. The highest BCUT2D eigenvalue weighted by atomic mass is 16.5. The molecule has 0 unspecified atom stereocenters. The van der Waals surface area contributed by atoms with E-state index in [1.165, 1.54) is 6.92 Å². The van der Waals surface area contributed by atoms with Crippen LogP contribution in [0.2, 0.25) is 0 Å². The summed E-state index contributed by atoms with van der Waals surface area (Å²) < 4.78 is 5.54. The Morgan fingerprint density at radius 3 is 2.50 bits per heavy atom. The van der Waals surface area contributed by atoms with Crippen molar-refractivity contribution in [2.24, 2.45) is 0 Å². The van der Waals surface area contributed by atoms with Crippen molar-refractivity contribution in [3.8, 4) is 0 Å². The van der Waals surface area contributed by atoms with E-state index in [1.807, 2.05) is 13.8 Å². The van der Waals surface area contributed by atoms with Gasteiger partial charge in [0.15, 0.2) is 11.5 Å². The number of ketones is 2. The molecule has 0 aromatic carbocycles. The summed E-state index contributed by atoms with van der Waals surface area (Å²) in [6.07, 6.45) is 1.14. The molecule has 0 aromatic heterocycles. The van der Waals surface area contributed by atoms with Crippen LogP contribution in [0.3, 0.4) is 0 Å². The van der Waals surface area contributed by atoms with Crippen LogP contribution in [0.5, 0.6) is 0 Å². The van der Waals surface area contributed by atoms with Crippen molar-refractivity contribution < 1.29 is 19.4 Å². The summed E-state index contributed by atoms with van der Waals surface area (Å²) in [4.78, 5) is 23.6. The molecule has 0 amide bonds. The lowest BCUT2D eigenvalue weighted by Gasteiger charge is -2.34. The molecule has 2 aliphatic rings. The highest BCUT2D eigenvalue weighted by Crippen LogP contribution is 2.36. The summed E-state index contributed by atoms with van der Waals surface area (Å²) >= 11 is 0. The van der Waals surface area contributed by atoms with Gasteiger partial charge in [-0.3, -0.25) is 9.59 Å². The number of aliphatic hydroxyl groups excluding tert-OH is 1. The molecule has 4 heteroatoms. The average molecular weight is 222 g/mol. The monoisotopic (exact) mass is 222 g/mol. The van der Waals surface area contributed by atoms with Gasteiger partial charge < -0.3 is 9.84 Å². The standard InChI is InChI=1S/C12H14O4/c1-6-8(13)10(15)7-4-5-12(2,3)16-11(7)9(6)14/h13H,4-5H2,1-3H3. The van der Waals surface area contributed by atoms with Crippen LogP contribution in [0.15, 0.2) is 22.7 Å². The third-order valence-electron chi connectivity index (χ3n) is 3.02. The predicted octanol–water partition coefficient (Wildman–Crippen LogP) is 1.81. The van der Waals surface area contributed by atoms with Crippen LogP contribution in [0.1, 0.15) is 33.6 Å². The van der Waals surface area contributed by atoms with Crippen molar-refractivity contribution in [3.63, 3.8) is 0 Å². The van der Waals surface area contributed by atoms with Crippen molar-refractivity contribution in [2.45, 2.75) is 39.2 Å². The third kappa shape index (κ3) is 1.45. The van der Waals surface area contributed by atoms with E-state index in [0.29, 0.717) is 18.4 Å². The molecular weight excluding hydrogens is 208 g/mol. The molecule has 4 nitrogen and oxygen atoms in total. The Balaban J connectivity index is 2.48. The Morgan fingerprint density at radius 1 is 1.25 bits per heavy atom. The smallest absolute Gasteiger partial charge is 0.227 e. The van der Waals surface area contributed by atoms with Gasteiger partial charge in [-0.1, -0.05) is 0 Å². The van der Waals surface area contributed by atoms with E-state index in [2.05, 4.69) is 0 Å². The number of Topliss-reactive ketones (excluding diaryl/α,β-unsaturated/α-hetero) is 2. The first kappa shape index (κ1) is 10.9. The topological polar surface area (TPSA) is 63.6 Å². The fourth-order valence-corrected chi connectivity index (χ4v) is 1.92. The average Bonchev–Trinajstić information content (AvgIpc) is 2.22. The van der Waals surface area contributed by atoms with E-state index in [9.17, 15) is 14.7 Å². The summed E-state index contributed by atoms with van der Waals surface area (Å²) in [6.45, 7) is 5.19. The zero-order valence-electron chi connectivity index (χ0n) is 9.59. The molecule has 86 valence electrons. The third-order valence-corrected chi connectivity index (χ3v) is 3.02. The Hall–Kier alpha value is -1.58. The number of aliphatic hydroxyl groups is 1. The van der Waals surface area contributed by atoms with Crippen molar-refractivity contribution in [2.75, 3.05) is 0 Å². The van der Waals surface area contributed by atoms with Crippen molar-refractivity contribution >= 4 is 11.6 Å². The second-order valence-corrected chi connectivity index (χ2v) is 4.80. The molecule has 2 rings (SSSR count). The highest BCUT2D eigenvalue weighted by molar-refractivity contribution is 6.23. The van der Waals surface area contributed by atoms with Gasteiger partial charge in [0.1, 0.15) is 5.60 Å². The minimum absolute atomic E-state index is 0.0708. The molecule has 16 heavy (non-hydrogen) atoms. The first-order valence-corrected chi connectivity index (χ1v) is 5.25. The summed E-state index contributed by atoms with van der Waals surface area (Å²) in [5.74, 6) is -1.16. The van der Waals surface area contributed by atoms with E-state index in [-0.39, 0.29) is 17.1 Å². The van der Waals surface area contributed by atoms with Gasteiger partial charge in [0.25, 0.3) is 0 Å². The Morgan fingerprint density at radius 2 is 1.88 bits per heavy atom. The predicted molar refractivity (Wildman–Crippen MR) is 56.8 cm³/mol. The first-order chi connectivity index (χ1) is 7.33. The van der Waals surface area contributed by atoms with Crippen molar-refractivity contribution in [3.05, 3.63) is 22.7 Å². The second kappa shape index (κ2) is 3.20. The maximum absolute atomic E-state index is 11.9. The maximum atomic E-state index is 11.9. The van der Waals surface area contributed by atoms with Crippen LogP contribution in [0, 0.1) is 0 Å². The first-order valence-electron chi connectivity index (χ1n) is 5.25. The Bertz CT molecular complexity index is 452. The van der Waals surface area contributed by atoms with Crippen LogP contribution in [0.25, 0.3) is 0 Å². The van der Waals surface area contributed by atoms with Gasteiger partial charge >= 0.3 is 0 Å². The van der Waals surface area contributed by atoms with Gasteiger partial charge in [-0.2, -0.15) is 0 Å². The molecule has 0 radical (unpaired) electrons. The molecule has 0 saturated carbocycles. The molecule has 1 aliphatic heterocycles. The fourth-order valence-electron chi connectivity index (χ4n) is 1.92. The minimum atomic E-state index is -0.470. The summed E-state index contributed by atoms with van der Waals surface area (Å²) in [5, 5.41) is 9.51. The largest absolute Gasteiger partial charge is 0.504 e. The lowest BCUT2D eigenvalue weighted by molar-refractivity contribution is -0.124. The lowest BCUT2D eigenvalue weighted by Crippen LogP contribution is -2.36. The number of rotatable bonds is 0. The quantitative estimate of drug-likeness (QED) is 0.635. The SMILES string of the molecule is CC1=C(O)C(=O)C2=C(OC(C)(C)CC2)C1=O. The fraction of sp³-hybridized carbons (Fsp3) is 0.500. The van der Waals surface area contributed by atoms with Crippen LogP contribution < -0.4 is 0 Å². The number of carbonyl (C=O) groups is 2. The van der Waals surface area contributed by atoms with Crippen LogP contribution in [-0.2, 0) is 14.3 Å². The molecule has 0 atom stereocenters. The van der Waals surface area contributed by atoms with E-state index in [0.717, 1.165) is 0 Å². The van der Waals surface area contributed by atoms with Gasteiger partial charge in [0.05, 0.1) is 0 Å². The zero-order chi connectivity index (χ0) is 12.1. The number of hydrogen-bond donors (Lipinski definition) is 1. The van der Waals surface area contributed by atoms with Crippen molar-refractivity contribution in [1.29, 1.82) is 0 Å². The molecule has 1 aliphatic carbocycles. The van der Waals surface area contributed by atoms with E-state index < -0.39 is 17.1 Å². The van der Waals surface area contributed by atoms with Crippen LogP contribution >= 0.6 is 0 Å². The molecule has 0 aromatic rings. The van der Waals surface area contributed by atoms with Gasteiger partial charge in [-0.25, -0.2) is 0 Å². The van der Waals surface area contributed by atoms with E-state index in [1.54, 1.807) is 0 Å². The Labute approximate surface area is 93.6 Å². The maximum Gasteiger partial charge on any atom is 0.227 e. The van der Waals surface area contributed by atoms with E-state index in [4.69, 9.17) is 4.74 Å². The minimum Gasteiger partial charge on any atom is -0.504 e. The van der Waals surface area contributed by atoms with E-state index >= 15 is 0 Å². The second-order valence-electron chi connectivity index (χ2n) is 4.80. The highest BCUT2D eigenvalue weighted by Gasteiger charge is 2.40. The normalized spacial score (nSPS) is 24.4. The molecule has 1 N–H and O–H groups in total. The molecule has 0 fully saturated rings. The summed E-state index contributed by atoms with van der Waals surface area (Å²) in [6, 6.07) is 0. The zero-order valence-corrected chi connectivity index (χ0v) is 9.59. The molecule has 0 spiro atoms. The van der Waals surface area contributed by atoms with Crippen molar-refractivity contribution in [1.82, 2.24) is 0 Å². The number of carbonyl (C=O) groups excluding carboxylic acids is 2. The number of ether oxygens (including phenoxy) is 1. The number of allylic oxidation sites excluding steroid dienone is 2. The van der Waals surface area contributed by atoms with Gasteiger partial charge in [0, 0.05) is 11.1 Å². The van der Waals surface area contributed by atoms with Gasteiger partial charge in [-0.15, -0.1) is 0 Å². The molecular formula is C12H14O4. The summed E-state index contributed by atoms with van der Waals surface area (Å²) in [5.41, 5.74) is -0.0453. The number of hydrogen-bond acceptors (Lipinski definition) is 4. The Kier molecular flexibility index (Phi) is 2.19. The van der Waals surface area contributed by atoms with Crippen LogP contribution in [0.4, 0.5) is 0 Å². The van der Waals surface area contributed by atoms with Gasteiger partial charge in [0.2, 0.25) is 11.6 Å². The molecule has 0 bridgehead atoms.